The van der Waals surface area contributed by atoms with Crippen LogP contribution in [0.2, 0.25) is 0 Å². The Morgan fingerprint density at radius 3 is 2.29 bits per heavy atom. The summed E-state index contributed by atoms with van der Waals surface area (Å²) in [7, 11) is 8.57. The maximum atomic E-state index is 14.2. The van der Waals surface area contributed by atoms with E-state index in [9.17, 15) is 19.5 Å². The second kappa shape index (κ2) is 26.5. The fourth-order valence-electron chi connectivity index (χ4n) is 10.1. The molecule has 1 aliphatic carbocycles. The molecule has 4 aliphatic rings. The number of phenols is 1. The second-order valence-corrected chi connectivity index (χ2v) is 23.6. The summed E-state index contributed by atoms with van der Waals surface area (Å²) in [5.74, 6) is 1.48. The molecule has 0 saturated heterocycles. The number of methoxy groups -OCH3 is 2. The molecule has 5 aromatic rings. The maximum absolute atomic E-state index is 14.2. The van der Waals surface area contributed by atoms with Gasteiger partial charge in [0, 0.05) is 98.6 Å². The molecule has 3 N–H and O–H groups in total. The lowest BCUT2D eigenvalue weighted by molar-refractivity contribution is -0.122. The van der Waals surface area contributed by atoms with E-state index in [2.05, 4.69) is 47.6 Å². The monoisotopic (exact) mass is 1100 g/mol. The van der Waals surface area contributed by atoms with Crippen LogP contribution in [0.3, 0.4) is 0 Å². The molecule has 0 bridgehead atoms. The number of carbonyl (C=O) groups is 3. The Morgan fingerprint density at radius 1 is 0.846 bits per heavy atom. The predicted octanol–water partition coefficient (Wildman–Crippen LogP) is 10.2. The van der Waals surface area contributed by atoms with Gasteiger partial charge in [-0.25, -0.2) is 0 Å². The second-order valence-electron chi connectivity index (χ2n) is 20.5. The van der Waals surface area contributed by atoms with E-state index in [0.29, 0.717) is 106 Å². The first kappa shape index (κ1) is 56.3. The molecule has 0 radical (unpaired) electrons. The summed E-state index contributed by atoms with van der Waals surface area (Å²) in [6, 6.07) is 28.7. The van der Waals surface area contributed by atoms with Crippen molar-refractivity contribution >= 4 is 74.0 Å². The molecule has 16 nitrogen and oxygen atoms in total. The van der Waals surface area contributed by atoms with E-state index in [-0.39, 0.29) is 53.2 Å². The van der Waals surface area contributed by atoms with Crippen LogP contribution >= 0.6 is 21.6 Å². The standard InChI is InChI=1S/C60H72N6O10S2/c1-60(2,78-77-27-11-18-57(68)63-44-14-10-15-44)39-64(21-22-73-25-26-74-24-23-71-4)45-29-40(37-75-54-35-50-47(32-53(54)67)59(70)66-46(36-62-50)31-43-13-7-9-17-52(43)66)28-41(30-45)38-76-56-34-49(61-3)48(33-55(56)72-5)58(69)65-20-19-42-12-6-8-16-51(42)65/h6-9,12-13,16-17,28-30,32-36,44,46,61,67H,10-11,14-15,18-27,31,37-39H2,1-5H3,(H,63,68). The fourth-order valence-corrected chi connectivity index (χ4v) is 12.7. The normalized spacial score (nSPS) is 15.4. The van der Waals surface area contributed by atoms with Gasteiger partial charge in [-0.1, -0.05) is 58.0 Å². The van der Waals surface area contributed by atoms with E-state index in [4.69, 9.17) is 33.4 Å². The quantitative estimate of drug-likeness (QED) is 0.0319. The summed E-state index contributed by atoms with van der Waals surface area (Å²) >= 11 is 0. The van der Waals surface area contributed by atoms with Gasteiger partial charge in [0.2, 0.25) is 5.91 Å². The van der Waals surface area contributed by atoms with Crippen LogP contribution in [-0.4, -0.2) is 126 Å². The van der Waals surface area contributed by atoms with Crippen LogP contribution in [0.5, 0.6) is 23.0 Å². The maximum Gasteiger partial charge on any atom is 0.261 e. The van der Waals surface area contributed by atoms with Gasteiger partial charge in [-0.05, 0) is 111 Å². The Bertz CT molecular complexity index is 2950. The van der Waals surface area contributed by atoms with E-state index in [1.165, 1.54) is 12.5 Å². The number of nitrogens with one attached hydrogen (secondary N) is 2. The van der Waals surface area contributed by atoms with Crippen molar-refractivity contribution in [3.8, 4) is 23.0 Å². The number of nitrogens with zero attached hydrogens (tertiary/aromatic N) is 4. The van der Waals surface area contributed by atoms with Crippen LogP contribution in [0.4, 0.5) is 28.4 Å². The Labute approximate surface area is 465 Å². The SMILES string of the molecule is CNc1cc(OCc2cc(COc3cc4c(cc3O)C(=O)N3c5ccccc5CC3C=N4)cc(N(CCOCCOCCOC)CC(C)(C)SSCCCC(=O)NC3CCC3)c2)c(OC)cc1C(=O)N1CCc2ccccc21. The molecule has 0 aromatic heterocycles. The van der Waals surface area contributed by atoms with Gasteiger partial charge in [-0.15, -0.1) is 0 Å². The summed E-state index contributed by atoms with van der Waals surface area (Å²) in [5, 5.41) is 17.9. The zero-order valence-electron chi connectivity index (χ0n) is 45.3. The first-order valence-electron chi connectivity index (χ1n) is 26.9. The molecule has 1 fully saturated rings. The minimum absolute atomic E-state index is 0.0576. The Hall–Kier alpha value is -6.44. The molecular weight excluding hydrogens is 1030 g/mol. The van der Waals surface area contributed by atoms with E-state index >= 15 is 0 Å². The highest BCUT2D eigenvalue weighted by Gasteiger charge is 2.37. The molecule has 3 heterocycles. The van der Waals surface area contributed by atoms with Gasteiger partial charge in [0.1, 0.15) is 13.2 Å². The van der Waals surface area contributed by atoms with Gasteiger partial charge in [0.25, 0.3) is 11.8 Å². The lowest BCUT2D eigenvalue weighted by Gasteiger charge is -2.34. The van der Waals surface area contributed by atoms with Crippen LogP contribution in [0.1, 0.15) is 88.9 Å². The van der Waals surface area contributed by atoms with Gasteiger partial charge in [-0.2, -0.15) is 0 Å². The topological polar surface area (TPSA) is 173 Å². The number of amides is 3. The van der Waals surface area contributed by atoms with Gasteiger partial charge in [0.05, 0.1) is 68.7 Å². The molecule has 78 heavy (non-hydrogen) atoms. The Kier molecular flexibility index (Phi) is 19.1. The highest BCUT2D eigenvalue weighted by atomic mass is 33.1. The average Bonchev–Trinajstić information content (AvgIpc) is 4.10. The molecular formula is C60H72N6O10S2. The van der Waals surface area contributed by atoms with Crippen LogP contribution in [-0.2, 0) is 45.1 Å². The number of anilines is 4. The molecule has 5 aromatic carbocycles. The Morgan fingerprint density at radius 2 is 1.56 bits per heavy atom. The zero-order chi connectivity index (χ0) is 54.6. The molecule has 3 aliphatic heterocycles. The number of rotatable bonds is 28. The Balaban J connectivity index is 0.971. The molecule has 0 spiro atoms. The van der Waals surface area contributed by atoms with E-state index in [1.807, 2.05) is 53.4 Å². The summed E-state index contributed by atoms with van der Waals surface area (Å²) in [6.45, 7) is 8.69. The highest BCUT2D eigenvalue weighted by Crippen LogP contribution is 2.43. The molecule has 1 atom stereocenters. The van der Waals surface area contributed by atoms with Crippen molar-refractivity contribution < 1.29 is 47.9 Å². The van der Waals surface area contributed by atoms with Gasteiger partial charge >= 0.3 is 0 Å². The highest BCUT2D eigenvalue weighted by molar-refractivity contribution is 8.77. The predicted molar refractivity (Wildman–Crippen MR) is 311 cm³/mol. The van der Waals surface area contributed by atoms with E-state index in [1.54, 1.807) is 72.2 Å². The summed E-state index contributed by atoms with van der Waals surface area (Å²) in [6.07, 6.45) is 7.88. The number of carbonyl (C=O) groups excluding carboxylic acids is 3. The summed E-state index contributed by atoms with van der Waals surface area (Å²) in [5.41, 5.74) is 8.26. The molecule has 1 saturated carbocycles. The number of benzene rings is 5. The summed E-state index contributed by atoms with van der Waals surface area (Å²) < 4.78 is 35.7. The van der Waals surface area contributed by atoms with Crippen molar-refractivity contribution in [2.24, 2.45) is 4.99 Å². The number of hydrogen-bond acceptors (Lipinski definition) is 15. The van der Waals surface area contributed by atoms with Gasteiger partial charge in [-0.3, -0.25) is 24.3 Å². The van der Waals surface area contributed by atoms with Gasteiger partial charge in [0.15, 0.2) is 23.0 Å². The minimum Gasteiger partial charge on any atom is -0.504 e. The number of hydrogen-bond donors (Lipinski definition) is 3. The lowest BCUT2D eigenvalue weighted by atomic mass is 9.93. The van der Waals surface area contributed by atoms with Crippen molar-refractivity contribution in [3.05, 3.63) is 124 Å². The van der Waals surface area contributed by atoms with E-state index in [0.717, 1.165) is 70.8 Å². The van der Waals surface area contributed by atoms with Crippen molar-refractivity contribution in [1.29, 1.82) is 0 Å². The third-order valence-electron chi connectivity index (χ3n) is 14.3. The van der Waals surface area contributed by atoms with Crippen molar-refractivity contribution in [2.75, 3.05) is 99.7 Å². The van der Waals surface area contributed by atoms with E-state index < -0.39 is 0 Å². The molecule has 18 heteroatoms. The third-order valence-corrected chi connectivity index (χ3v) is 17.7. The number of aliphatic imine (C=N–C) groups is 1. The molecule has 414 valence electrons. The molecule has 1 unspecified atom stereocenters. The number of ether oxygens (including phenoxy) is 6. The fraction of sp³-hybridized carbons (Fsp3) is 0.433. The zero-order valence-corrected chi connectivity index (χ0v) is 47.0. The molecule has 9 rings (SSSR count). The first-order chi connectivity index (χ1) is 37.9. The number of para-hydroxylation sites is 2. The largest absolute Gasteiger partial charge is 0.504 e. The van der Waals surface area contributed by atoms with Crippen LogP contribution in [0.25, 0.3) is 0 Å². The van der Waals surface area contributed by atoms with Gasteiger partial charge < -0.3 is 54.0 Å². The van der Waals surface area contributed by atoms with Crippen molar-refractivity contribution in [1.82, 2.24) is 5.32 Å². The van der Waals surface area contributed by atoms with Crippen LogP contribution < -0.4 is 39.5 Å². The smallest absolute Gasteiger partial charge is 0.261 e. The van der Waals surface area contributed by atoms with Crippen LogP contribution in [0.15, 0.2) is 96.0 Å². The molecule has 3 amide bonds. The number of aromatic hydroxyl groups is 1. The lowest BCUT2D eigenvalue weighted by Crippen LogP contribution is -2.39. The van der Waals surface area contributed by atoms with Crippen molar-refractivity contribution in [2.45, 2.75) is 88.8 Å². The summed E-state index contributed by atoms with van der Waals surface area (Å²) in [4.78, 5) is 51.4. The number of fused-ring (bicyclic) bond motifs is 5. The third kappa shape index (κ3) is 13.9. The number of phenolic OH excluding ortho intramolecular Hbond substituents is 1. The minimum atomic E-state index is -0.249. The first-order valence-corrected chi connectivity index (χ1v) is 29.2. The average molecular weight is 1100 g/mol. The van der Waals surface area contributed by atoms with Crippen LogP contribution in [0, 0.1) is 0 Å². The van der Waals surface area contributed by atoms with Crippen molar-refractivity contribution in [3.63, 3.8) is 0 Å².